The predicted octanol–water partition coefficient (Wildman–Crippen LogP) is 1.26. The van der Waals surface area contributed by atoms with Gasteiger partial charge in [-0.3, -0.25) is 4.79 Å². The number of carbonyl (C=O) groups excluding carboxylic acids is 1. The Morgan fingerprint density at radius 1 is 1.53 bits per heavy atom. The first-order chi connectivity index (χ1) is 8.02. The summed E-state index contributed by atoms with van der Waals surface area (Å²) < 4.78 is 1.97. The summed E-state index contributed by atoms with van der Waals surface area (Å²) in [7, 11) is 1.97. The topological polar surface area (TPSA) is 60.1 Å². The summed E-state index contributed by atoms with van der Waals surface area (Å²) >= 11 is 0. The van der Waals surface area contributed by atoms with Crippen molar-refractivity contribution in [2.45, 2.75) is 26.8 Å². The molecule has 1 amide bonds. The molecule has 4 heteroatoms. The van der Waals surface area contributed by atoms with E-state index >= 15 is 0 Å². The number of carbonyl (C=O) groups is 1. The maximum Gasteiger partial charge on any atom is 0.224 e. The molecule has 0 aromatic carbocycles. The van der Waals surface area contributed by atoms with Gasteiger partial charge < -0.3 is 15.6 Å². The normalized spacial score (nSPS) is 12.8. The van der Waals surface area contributed by atoms with E-state index in [1.807, 2.05) is 30.1 Å². The molecule has 17 heavy (non-hydrogen) atoms. The van der Waals surface area contributed by atoms with Gasteiger partial charge in [0.05, 0.1) is 5.92 Å². The molecule has 4 nitrogen and oxygen atoms in total. The number of nitrogens with one attached hydrogen (secondary N) is 1. The summed E-state index contributed by atoms with van der Waals surface area (Å²) in [4.78, 5) is 11.9. The lowest BCUT2D eigenvalue weighted by atomic mass is 9.96. The molecule has 0 radical (unpaired) electrons. The summed E-state index contributed by atoms with van der Waals surface area (Å²) in [6, 6.07) is 2.00. The van der Waals surface area contributed by atoms with Gasteiger partial charge in [0.15, 0.2) is 0 Å². The molecular formula is C13H23N3O. The fourth-order valence-corrected chi connectivity index (χ4v) is 1.88. The second-order valence-corrected chi connectivity index (χ2v) is 4.97. The van der Waals surface area contributed by atoms with Crippen LogP contribution in [0, 0.1) is 11.8 Å². The lowest BCUT2D eigenvalue weighted by molar-refractivity contribution is -0.125. The van der Waals surface area contributed by atoms with Crippen LogP contribution in [0.15, 0.2) is 18.5 Å². The minimum absolute atomic E-state index is 0.0602. The molecule has 1 heterocycles. The van der Waals surface area contributed by atoms with Crippen molar-refractivity contribution >= 4 is 5.91 Å². The highest BCUT2D eigenvalue weighted by molar-refractivity contribution is 5.78. The van der Waals surface area contributed by atoms with Crippen LogP contribution < -0.4 is 11.1 Å². The fraction of sp³-hybridized carbons (Fsp3) is 0.615. The van der Waals surface area contributed by atoms with Crippen molar-refractivity contribution in [1.29, 1.82) is 0 Å². The zero-order chi connectivity index (χ0) is 12.8. The van der Waals surface area contributed by atoms with Gasteiger partial charge in [0.2, 0.25) is 5.91 Å². The Morgan fingerprint density at radius 2 is 2.24 bits per heavy atom. The first-order valence-electron chi connectivity index (χ1n) is 6.11. The number of amides is 1. The fourth-order valence-electron chi connectivity index (χ4n) is 1.88. The zero-order valence-electron chi connectivity index (χ0n) is 10.9. The summed E-state index contributed by atoms with van der Waals surface area (Å²) in [6.45, 7) is 5.20. The summed E-state index contributed by atoms with van der Waals surface area (Å²) in [5.41, 5.74) is 6.74. The summed E-state index contributed by atoms with van der Waals surface area (Å²) in [5.74, 6) is 0.481. The summed E-state index contributed by atoms with van der Waals surface area (Å²) in [5, 5.41) is 2.94. The molecule has 96 valence electrons. The molecule has 0 fully saturated rings. The third-order valence-electron chi connectivity index (χ3n) is 2.77. The maximum absolute atomic E-state index is 11.9. The highest BCUT2D eigenvalue weighted by Gasteiger charge is 2.17. The van der Waals surface area contributed by atoms with Crippen LogP contribution in [-0.4, -0.2) is 17.0 Å². The number of hydrogen-bond donors (Lipinski definition) is 2. The van der Waals surface area contributed by atoms with Crippen LogP contribution in [-0.2, 0) is 18.4 Å². The molecule has 1 unspecified atom stereocenters. The average Bonchev–Trinajstić information content (AvgIpc) is 2.68. The van der Waals surface area contributed by atoms with E-state index in [2.05, 4.69) is 19.2 Å². The van der Waals surface area contributed by atoms with Crippen LogP contribution in [0.4, 0.5) is 0 Å². The first-order valence-corrected chi connectivity index (χ1v) is 6.11. The quantitative estimate of drug-likeness (QED) is 0.782. The van der Waals surface area contributed by atoms with Gasteiger partial charge in [0.1, 0.15) is 0 Å². The van der Waals surface area contributed by atoms with Crippen molar-refractivity contribution in [1.82, 2.24) is 9.88 Å². The van der Waals surface area contributed by atoms with Gasteiger partial charge in [0.25, 0.3) is 0 Å². The Labute approximate surface area is 103 Å². The Kier molecular flexibility index (Phi) is 5.22. The Morgan fingerprint density at radius 3 is 2.71 bits per heavy atom. The molecule has 0 bridgehead atoms. The summed E-state index contributed by atoms with van der Waals surface area (Å²) in [6.07, 6.45) is 4.81. The van der Waals surface area contributed by atoms with E-state index in [-0.39, 0.29) is 11.8 Å². The van der Waals surface area contributed by atoms with E-state index in [1.54, 1.807) is 0 Å². The van der Waals surface area contributed by atoms with Crippen LogP contribution in [0.1, 0.15) is 25.8 Å². The lowest BCUT2D eigenvalue weighted by Crippen LogP contribution is -2.35. The third kappa shape index (κ3) is 4.61. The number of nitrogens with two attached hydrogens (primary N) is 1. The number of aromatic nitrogens is 1. The Bertz CT molecular complexity index is 357. The number of nitrogens with zero attached hydrogens (tertiary/aromatic N) is 1. The minimum Gasteiger partial charge on any atom is -0.357 e. The van der Waals surface area contributed by atoms with Crippen molar-refractivity contribution in [3.63, 3.8) is 0 Å². The Balaban J connectivity index is 2.42. The van der Waals surface area contributed by atoms with Crippen LogP contribution in [0.2, 0.25) is 0 Å². The molecule has 0 spiro atoms. The van der Waals surface area contributed by atoms with Crippen LogP contribution in [0.5, 0.6) is 0 Å². The van der Waals surface area contributed by atoms with E-state index in [4.69, 9.17) is 5.73 Å². The van der Waals surface area contributed by atoms with Crippen molar-refractivity contribution in [3.05, 3.63) is 24.0 Å². The molecule has 0 saturated heterocycles. The molecule has 0 saturated carbocycles. The van der Waals surface area contributed by atoms with Crippen LogP contribution in [0.25, 0.3) is 0 Å². The predicted molar refractivity (Wildman–Crippen MR) is 69.3 cm³/mol. The number of aryl methyl sites for hydroxylation is 1. The van der Waals surface area contributed by atoms with Crippen molar-refractivity contribution in [2.24, 2.45) is 24.6 Å². The second-order valence-electron chi connectivity index (χ2n) is 4.97. The van der Waals surface area contributed by atoms with E-state index in [9.17, 15) is 4.79 Å². The molecule has 1 rings (SSSR count). The molecule has 1 atom stereocenters. The lowest BCUT2D eigenvalue weighted by Gasteiger charge is -2.16. The van der Waals surface area contributed by atoms with Crippen LogP contribution >= 0.6 is 0 Å². The van der Waals surface area contributed by atoms with E-state index in [0.29, 0.717) is 19.0 Å². The van der Waals surface area contributed by atoms with E-state index < -0.39 is 0 Å². The average molecular weight is 237 g/mol. The molecule has 3 N–H and O–H groups in total. The highest BCUT2D eigenvalue weighted by Crippen LogP contribution is 2.11. The van der Waals surface area contributed by atoms with Gasteiger partial charge >= 0.3 is 0 Å². The van der Waals surface area contributed by atoms with Crippen LogP contribution in [0.3, 0.4) is 0 Å². The zero-order valence-corrected chi connectivity index (χ0v) is 10.9. The van der Waals surface area contributed by atoms with E-state index in [1.165, 1.54) is 0 Å². The molecular weight excluding hydrogens is 214 g/mol. The van der Waals surface area contributed by atoms with Gasteiger partial charge in [0, 0.05) is 32.5 Å². The number of hydrogen-bond acceptors (Lipinski definition) is 2. The second kappa shape index (κ2) is 6.45. The van der Waals surface area contributed by atoms with Gasteiger partial charge in [-0.2, -0.15) is 0 Å². The SMILES string of the molecule is CC(C)CC(CN)C(=O)NCc1ccn(C)c1. The molecule has 0 aliphatic rings. The molecule has 0 aliphatic heterocycles. The maximum atomic E-state index is 11.9. The standard InChI is InChI=1S/C13H23N3O/c1-10(2)6-12(7-14)13(17)15-8-11-4-5-16(3)9-11/h4-5,9-10,12H,6-8,14H2,1-3H3,(H,15,17). The Hall–Kier alpha value is -1.29. The molecule has 1 aromatic heterocycles. The van der Waals surface area contributed by atoms with Gasteiger partial charge in [-0.05, 0) is 24.0 Å². The van der Waals surface area contributed by atoms with E-state index in [0.717, 1.165) is 12.0 Å². The number of rotatable bonds is 6. The third-order valence-corrected chi connectivity index (χ3v) is 2.77. The van der Waals surface area contributed by atoms with Crippen molar-refractivity contribution in [2.75, 3.05) is 6.54 Å². The highest BCUT2D eigenvalue weighted by atomic mass is 16.1. The minimum atomic E-state index is -0.0706. The van der Waals surface area contributed by atoms with Gasteiger partial charge in [-0.1, -0.05) is 13.8 Å². The molecule has 0 aliphatic carbocycles. The van der Waals surface area contributed by atoms with Gasteiger partial charge in [-0.15, -0.1) is 0 Å². The monoisotopic (exact) mass is 237 g/mol. The van der Waals surface area contributed by atoms with Gasteiger partial charge in [-0.25, -0.2) is 0 Å². The van der Waals surface area contributed by atoms with Crippen molar-refractivity contribution < 1.29 is 4.79 Å². The molecule has 1 aromatic rings. The smallest absolute Gasteiger partial charge is 0.224 e. The van der Waals surface area contributed by atoms with Crippen molar-refractivity contribution in [3.8, 4) is 0 Å². The first kappa shape index (κ1) is 13.8. The largest absolute Gasteiger partial charge is 0.357 e.